The van der Waals surface area contributed by atoms with E-state index in [0.29, 0.717) is 22.1 Å². The molecule has 7 nitrogen and oxygen atoms in total. The van der Waals surface area contributed by atoms with Crippen molar-refractivity contribution in [3.63, 3.8) is 0 Å². The van der Waals surface area contributed by atoms with Gasteiger partial charge in [-0.05, 0) is 36.5 Å². The van der Waals surface area contributed by atoms with Crippen LogP contribution in [0.3, 0.4) is 0 Å². The zero-order valence-electron chi connectivity index (χ0n) is 14.7. The van der Waals surface area contributed by atoms with Crippen LogP contribution in [0.4, 0.5) is 9.93 Å². The predicted octanol–water partition coefficient (Wildman–Crippen LogP) is 3.10. The number of amides is 3. The van der Waals surface area contributed by atoms with Crippen molar-refractivity contribution in [1.29, 1.82) is 0 Å². The fourth-order valence-corrected chi connectivity index (χ4v) is 3.16. The maximum absolute atomic E-state index is 12.5. The second kappa shape index (κ2) is 10.0. The van der Waals surface area contributed by atoms with Gasteiger partial charge < -0.3 is 10.6 Å². The number of aromatic nitrogens is 2. The average Bonchev–Trinajstić information content (AvgIpc) is 2.99. The summed E-state index contributed by atoms with van der Waals surface area (Å²) in [6.07, 6.45) is 1.28. The quantitative estimate of drug-likeness (QED) is 0.518. The molecule has 9 heteroatoms. The third-order valence-corrected chi connectivity index (χ3v) is 4.55. The van der Waals surface area contributed by atoms with Crippen LogP contribution in [-0.4, -0.2) is 34.7 Å². The SMILES string of the molecule is CC(C)C[C@H](NC(=O)Nc1n[nH]c(=S)s1)C(=O)NCCc1ccccc1. The van der Waals surface area contributed by atoms with Gasteiger partial charge in [0, 0.05) is 6.54 Å². The fraction of sp³-hybridized carbons (Fsp3) is 0.412. The Morgan fingerprint density at radius 1 is 1.27 bits per heavy atom. The molecule has 3 amide bonds. The zero-order chi connectivity index (χ0) is 18.9. The Labute approximate surface area is 161 Å². The number of H-pyrrole nitrogens is 1. The largest absolute Gasteiger partial charge is 0.354 e. The summed E-state index contributed by atoms with van der Waals surface area (Å²) in [5.41, 5.74) is 1.15. The Bertz CT molecular complexity index is 773. The highest BCUT2D eigenvalue weighted by molar-refractivity contribution is 7.73. The van der Waals surface area contributed by atoms with Gasteiger partial charge in [-0.1, -0.05) is 55.5 Å². The molecular formula is C17H23N5O2S2. The van der Waals surface area contributed by atoms with Crippen LogP contribution < -0.4 is 16.0 Å². The molecule has 0 fully saturated rings. The van der Waals surface area contributed by atoms with Crippen LogP contribution in [-0.2, 0) is 11.2 Å². The molecule has 0 aliphatic rings. The summed E-state index contributed by atoms with van der Waals surface area (Å²) in [5, 5.41) is 15.0. The van der Waals surface area contributed by atoms with Gasteiger partial charge >= 0.3 is 6.03 Å². The molecule has 26 heavy (non-hydrogen) atoms. The maximum atomic E-state index is 12.5. The van der Waals surface area contributed by atoms with Crippen molar-refractivity contribution >= 4 is 40.6 Å². The Hall–Kier alpha value is -2.26. The van der Waals surface area contributed by atoms with E-state index in [0.717, 1.165) is 23.3 Å². The van der Waals surface area contributed by atoms with E-state index in [1.165, 1.54) is 0 Å². The molecule has 1 aromatic heterocycles. The lowest BCUT2D eigenvalue weighted by Crippen LogP contribution is -2.49. The molecule has 0 saturated carbocycles. The molecule has 2 rings (SSSR count). The van der Waals surface area contributed by atoms with Gasteiger partial charge in [0.1, 0.15) is 6.04 Å². The first-order valence-electron chi connectivity index (χ1n) is 8.38. The number of carbonyl (C=O) groups excluding carboxylic acids is 2. The number of urea groups is 1. The third kappa shape index (κ3) is 6.93. The first kappa shape index (κ1) is 20.1. The van der Waals surface area contributed by atoms with Crippen LogP contribution in [0.5, 0.6) is 0 Å². The van der Waals surface area contributed by atoms with E-state index < -0.39 is 12.1 Å². The molecule has 0 saturated heterocycles. The highest BCUT2D eigenvalue weighted by Gasteiger charge is 2.22. The van der Waals surface area contributed by atoms with E-state index in [4.69, 9.17) is 12.2 Å². The van der Waals surface area contributed by atoms with E-state index in [9.17, 15) is 9.59 Å². The normalized spacial score (nSPS) is 11.8. The Morgan fingerprint density at radius 3 is 2.62 bits per heavy atom. The van der Waals surface area contributed by atoms with Gasteiger partial charge in [-0.15, -0.1) is 5.10 Å². The van der Waals surface area contributed by atoms with Crippen LogP contribution >= 0.6 is 23.6 Å². The molecular weight excluding hydrogens is 370 g/mol. The molecule has 1 atom stereocenters. The number of aromatic amines is 1. The van der Waals surface area contributed by atoms with Crippen LogP contribution in [0.25, 0.3) is 0 Å². The van der Waals surface area contributed by atoms with E-state index in [1.807, 2.05) is 44.2 Å². The van der Waals surface area contributed by atoms with Crippen molar-refractivity contribution in [1.82, 2.24) is 20.8 Å². The topological polar surface area (TPSA) is 98.9 Å². The summed E-state index contributed by atoms with van der Waals surface area (Å²) in [6.45, 7) is 4.52. The number of anilines is 1. The minimum absolute atomic E-state index is 0.195. The molecule has 1 aromatic carbocycles. The van der Waals surface area contributed by atoms with Gasteiger partial charge in [0.2, 0.25) is 11.0 Å². The highest BCUT2D eigenvalue weighted by atomic mass is 32.1. The number of hydrogen-bond acceptors (Lipinski definition) is 5. The van der Waals surface area contributed by atoms with Gasteiger partial charge in [0.05, 0.1) is 0 Å². The van der Waals surface area contributed by atoms with Crippen LogP contribution in [0.1, 0.15) is 25.8 Å². The van der Waals surface area contributed by atoms with Crippen molar-refractivity contribution in [2.75, 3.05) is 11.9 Å². The van der Waals surface area contributed by atoms with Crippen molar-refractivity contribution in [3.8, 4) is 0 Å². The average molecular weight is 394 g/mol. The van der Waals surface area contributed by atoms with Gasteiger partial charge in [-0.2, -0.15) is 0 Å². The molecule has 0 radical (unpaired) electrons. The van der Waals surface area contributed by atoms with E-state index in [-0.39, 0.29) is 11.8 Å². The first-order valence-corrected chi connectivity index (χ1v) is 9.61. The van der Waals surface area contributed by atoms with Gasteiger partial charge in [-0.25, -0.2) is 4.79 Å². The lowest BCUT2D eigenvalue weighted by atomic mass is 10.0. The second-order valence-corrected chi connectivity index (χ2v) is 7.89. The van der Waals surface area contributed by atoms with Crippen LogP contribution in [0, 0.1) is 9.87 Å². The van der Waals surface area contributed by atoms with Crippen molar-refractivity contribution in [3.05, 3.63) is 39.8 Å². The van der Waals surface area contributed by atoms with Gasteiger partial charge in [0.25, 0.3) is 0 Å². The molecule has 4 N–H and O–H groups in total. The number of benzene rings is 1. The molecule has 0 spiro atoms. The summed E-state index contributed by atoms with van der Waals surface area (Å²) >= 11 is 6.08. The Balaban J connectivity index is 1.87. The number of nitrogens with zero attached hydrogens (tertiary/aromatic N) is 1. The van der Waals surface area contributed by atoms with Crippen LogP contribution in [0.15, 0.2) is 30.3 Å². The molecule has 140 valence electrons. The minimum Gasteiger partial charge on any atom is -0.354 e. The molecule has 2 aromatic rings. The first-order chi connectivity index (χ1) is 12.4. The molecule has 0 aliphatic heterocycles. The summed E-state index contributed by atoms with van der Waals surface area (Å²) in [6, 6.07) is 8.83. The molecule has 0 unspecified atom stereocenters. The summed E-state index contributed by atoms with van der Waals surface area (Å²) in [5.74, 6) is 0.0621. The number of nitrogens with one attached hydrogen (secondary N) is 4. The second-order valence-electron chi connectivity index (χ2n) is 6.23. The fourth-order valence-electron chi connectivity index (χ4n) is 2.38. The van der Waals surface area contributed by atoms with Crippen molar-refractivity contribution < 1.29 is 9.59 Å². The molecule has 0 bridgehead atoms. The van der Waals surface area contributed by atoms with E-state index >= 15 is 0 Å². The maximum Gasteiger partial charge on any atom is 0.321 e. The minimum atomic E-state index is -0.613. The van der Waals surface area contributed by atoms with Crippen molar-refractivity contribution in [2.24, 2.45) is 5.92 Å². The predicted molar refractivity (Wildman–Crippen MR) is 106 cm³/mol. The summed E-state index contributed by atoms with van der Waals surface area (Å²) in [4.78, 5) is 24.6. The van der Waals surface area contributed by atoms with Crippen LogP contribution in [0.2, 0.25) is 0 Å². The molecule has 0 aliphatic carbocycles. The van der Waals surface area contributed by atoms with E-state index in [2.05, 4.69) is 26.1 Å². The number of hydrogen-bond donors (Lipinski definition) is 4. The summed E-state index contributed by atoms with van der Waals surface area (Å²) in [7, 11) is 0. The molecule has 1 heterocycles. The smallest absolute Gasteiger partial charge is 0.321 e. The number of rotatable bonds is 8. The standard InChI is InChI=1S/C17H23N5O2S2/c1-11(2)10-13(19-15(24)20-16-21-22-17(25)26-16)14(23)18-9-8-12-6-4-3-5-7-12/h3-7,11,13H,8-10H2,1-2H3,(H,18,23)(H,22,25)(H2,19,20,21,24)/t13-/m0/s1. The zero-order valence-corrected chi connectivity index (χ0v) is 16.4. The van der Waals surface area contributed by atoms with E-state index in [1.54, 1.807) is 0 Å². The van der Waals surface area contributed by atoms with Gasteiger partial charge in [-0.3, -0.25) is 15.2 Å². The monoisotopic (exact) mass is 393 g/mol. The lowest BCUT2D eigenvalue weighted by Gasteiger charge is -2.20. The highest BCUT2D eigenvalue weighted by Crippen LogP contribution is 2.11. The number of carbonyl (C=O) groups is 2. The lowest BCUT2D eigenvalue weighted by molar-refractivity contribution is -0.123. The van der Waals surface area contributed by atoms with Crippen molar-refractivity contribution in [2.45, 2.75) is 32.7 Å². The third-order valence-electron chi connectivity index (χ3n) is 3.54. The Morgan fingerprint density at radius 2 is 2.00 bits per heavy atom. The Kier molecular flexibility index (Phi) is 7.73. The van der Waals surface area contributed by atoms with Gasteiger partial charge in [0.15, 0.2) is 3.95 Å². The summed E-state index contributed by atoms with van der Waals surface area (Å²) < 4.78 is 0.470.